The Kier molecular flexibility index (Phi) is 4.97. The molecule has 0 saturated heterocycles. The van der Waals surface area contributed by atoms with E-state index in [4.69, 9.17) is 4.74 Å². The van der Waals surface area contributed by atoms with Crippen molar-refractivity contribution >= 4 is 0 Å². The van der Waals surface area contributed by atoms with E-state index in [1.54, 1.807) is 0 Å². The number of benzene rings is 1. The molecule has 1 heterocycles. The van der Waals surface area contributed by atoms with Crippen LogP contribution in [-0.2, 0) is 18.0 Å². The zero-order chi connectivity index (χ0) is 14.7. The zero-order valence-corrected chi connectivity index (χ0v) is 13.5. The largest absolute Gasteiger partial charge is 0.372 e. The van der Waals surface area contributed by atoms with Gasteiger partial charge in [0.25, 0.3) is 0 Å². The lowest BCUT2D eigenvalue weighted by molar-refractivity contribution is 0.134. The first-order valence-electron chi connectivity index (χ1n) is 8.70. The second kappa shape index (κ2) is 6.93. The average molecular weight is 287 g/mol. The van der Waals surface area contributed by atoms with Crippen molar-refractivity contribution in [2.45, 2.75) is 65.2 Å². The number of rotatable bonds is 5. The number of nitrogens with one attached hydrogen (secondary N) is 1. The second-order valence-electron chi connectivity index (χ2n) is 6.97. The van der Waals surface area contributed by atoms with Crippen LogP contribution in [0.1, 0.15) is 68.7 Å². The lowest BCUT2D eigenvalue weighted by Crippen LogP contribution is -2.31. The topological polar surface area (TPSA) is 21.3 Å². The van der Waals surface area contributed by atoms with Crippen LogP contribution in [0.25, 0.3) is 0 Å². The Morgan fingerprint density at radius 3 is 2.67 bits per heavy atom. The van der Waals surface area contributed by atoms with E-state index in [2.05, 4.69) is 37.4 Å². The smallest absolute Gasteiger partial charge is 0.0725 e. The highest BCUT2D eigenvalue weighted by molar-refractivity contribution is 5.35. The first kappa shape index (κ1) is 15.1. The minimum absolute atomic E-state index is 0.531. The third-order valence-electron chi connectivity index (χ3n) is 5.25. The van der Waals surface area contributed by atoms with Crippen LogP contribution in [0.5, 0.6) is 0 Å². The summed E-state index contributed by atoms with van der Waals surface area (Å²) >= 11 is 0. The van der Waals surface area contributed by atoms with Crippen LogP contribution in [-0.4, -0.2) is 6.54 Å². The molecule has 1 N–H and O–H groups in total. The predicted octanol–water partition coefficient (Wildman–Crippen LogP) is 4.58. The summed E-state index contributed by atoms with van der Waals surface area (Å²) in [5, 5.41) is 3.82. The maximum atomic E-state index is 5.57. The normalized spacial score (nSPS) is 26.6. The maximum absolute atomic E-state index is 5.57. The van der Waals surface area contributed by atoms with Gasteiger partial charge in [0.05, 0.1) is 13.2 Å². The van der Waals surface area contributed by atoms with E-state index in [-0.39, 0.29) is 0 Å². The lowest BCUT2D eigenvalue weighted by Gasteiger charge is -2.34. The summed E-state index contributed by atoms with van der Waals surface area (Å²) in [6.07, 6.45) is 6.73. The molecule has 2 aliphatic rings. The summed E-state index contributed by atoms with van der Waals surface area (Å²) in [5.74, 6) is 1.72. The minimum Gasteiger partial charge on any atom is -0.372 e. The van der Waals surface area contributed by atoms with E-state index in [0.717, 1.165) is 31.6 Å². The van der Waals surface area contributed by atoms with Gasteiger partial charge in [-0.15, -0.1) is 0 Å². The highest BCUT2D eigenvalue weighted by Gasteiger charge is 2.27. The van der Waals surface area contributed by atoms with Crippen molar-refractivity contribution in [1.82, 2.24) is 5.32 Å². The minimum atomic E-state index is 0.531. The second-order valence-corrected chi connectivity index (χ2v) is 6.97. The molecule has 1 saturated carbocycles. The highest BCUT2D eigenvalue weighted by Crippen LogP contribution is 2.37. The molecule has 1 atom stereocenters. The van der Waals surface area contributed by atoms with Crippen molar-refractivity contribution in [1.29, 1.82) is 0 Å². The van der Waals surface area contributed by atoms with Gasteiger partial charge in [-0.3, -0.25) is 0 Å². The molecule has 1 unspecified atom stereocenters. The van der Waals surface area contributed by atoms with Gasteiger partial charge in [-0.05, 0) is 54.3 Å². The van der Waals surface area contributed by atoms with Crippen molar-refractivity contribution in [2.24, 2.45) is 11.8 Å². The average Bonchev–Trinajstić information content (AvgIpc) is 2.97. The van der Waals surface area contributed by atoms with Gasteiger partial charge >= 0.3 is 0 Å². The summed E-state index contributed by atoms with van der Waals surface area (Å²) in [4.78, 5) is 0. The van der Waals surface area contributed by atoms with Gasteiger partial charge in [-0.25, -0.2) is 0 Å². The van der Waals surface area contributed by atoms with Crippen molar-refractivity contribution < 1.29 is 4.74 Å². The predicted molar refractivity (Wildman–Crippen MR) is 87.1 cm³/mol. The van der Waals surface area contributed by atoms with E-state index >= 15 is 0 Å². The fourth-order valence-corrected chi connectivity index (χ4v) is 3.86. The summed E-state index contributed by atoms with van der Waals surface area (Å²) in [6, 6.07) is 7.54. The van der Waals surface area contributed by atoms with Gasteiger partial charge in [0.2, 0.25) is 0 Å². The van der Waals surface area contributed by atoms with Crippen molar-refractivity contribution in [3.63, 3.8) is 0 Å². The van der Waals surface area contributed by atoms with Gasteiger partial charge in [0, 0.05) is 6.04 Å². The lowest BCUT2D eigenvalue weighted by atomic mass is 9.77. The molecule has 1 fully saturated rings. The first-order chi connectivity index (χ1) is 10.3. The quantitative estimate of drug-likeness (QED) is 0.855. The summed E-state index contributed by atoms with van der Waals surface area (Å²) in [6.45, 7) is 7.36. The standard InChI is InChI=1S/C19H29NO/c1-3-10-20-19(15-6-4-14(2)5-7-15)16-8-9-17-12-21-13-18(17)11-16/h8-9,11,14-15,19-20H,3-7,10,12-13H2,1-2H3. The number of ether oxygens (including phenoxy) is 1. The van der Waals surface area contributed by atoms with Crippen LogP contribution in [0, 0.1) is 11.8 Å². The molecule has 0 amide bonds. The fourth-order valence-electron chi connectivity index (χ4n) is 3.86. The van der Waals surface area contributed by atoms with Crippen molar-refractivity contribution in [3.05, 3.63) is 34.9 Å². The van der Waals surface area contributed by atoms with E-state index in [9.17, 15) is 0 Å². The van der Waals surface area contributed by atoms with Crippen molar-refractivity contribution in [2.75, 3.05) is 6.54 Å². The molecule has 1 aromatic rings. The molecule has 0 spiro atoms. The summed E-state index contributed by atoms with van der Waals surface area (Å²) < 4.78 is 5.57. The van der Waals surface area contributed by atoms with Crippen molar-refractivity contribution in [3.8, 4) is 0 Å². The molecular formula is C19H29NO. The third-order valence-corrected chi connectivity index (χ3v) is 5.25. The monoisotopic (exact) mass is 287 g/mol. The van der Waals surface area contributed by atoms with E-state index in [1.807, 2.05) is 0 Å². The van der Waals surface area contributed by atoms with Gasteiger partial charge in [0.15, 0.2) is 0 Å². The Morgan fingerprint density at radius 1 is 1.14 bits per heavy atom. The molecule has 2 nitrogen and oxygen atoms in total. The summed E-state index contributed by atoms with van der Waals surface area (Å²) in [5.41, 5.74) is 4.26. The summed E-state index contributed by atoms with van der Waals surface area (Å²) in [7, 11) is 0. The molecule has 1 aliphatic carbocycles. The SMILES string of the molecule is CCCNC(c1ccc2c(c1)COC2)C1CCC(C)CC1. The number of fused-ring (bicyclic) bond motifs is 1. The Hall–Kier alpha value is -0.860. The Balaban J connectivity index is 1.78. The van der Waals surface area contributed by atoms with Gasteiger partial charge < -0.3 is 10.1 Å². The number of hydrogen-bond donors (Lipinski definition) is 1. The molecule has 1 aromatic carbocycles. The highest BCUT2D eigenvalue weighted by atomic mass is 16.5. The van der Waals surface area contributed by atoms with Gasteiger partial charge in [-0.1, -0.05) is 44.9 Å². The zero-order valence-electron chi connectivity index (χ0n) is 13.5. The van der Waals surface area contributed by atoms with Crippen LogP contribution < -0.4 is 5.32 Å². The van der Waals surface area contributed by atoms with Gasteiger partial charge in [-0.2, -0.15) is 0 Å². The molecule has 0 bridgehead atoms. The Labute approximate surface area is 129 Å². The van der Waals surface area contributed by atoms with Crippen LogP contribution in [0.2, 0.25) is 0 Å². The molecule has 3 rings (SSSR count). The molecular weight excluding hydrogens is 258 g/mol. The van der Waals surface area contributed by atoms with E-state index < -0.39 is 0 Å². The van der Waals surface area contributed by atoms with Crippen LogP contribution in [0.15, 0.2) is 18.2 Å². The van der Waals surface area contributed by atoms with E-state index in [0.29, 0.717) is 6.04 Å². The molecule has 0 aromatic heterocycles. The van der Waals surface area contributed by atoms with Crippen LogP contribution in [0.3, 0.4) is 0 Å². The molecule has 116 valence electrons. The van der Waals surface area contributed by atoms with E-state index in [1.165, 1.54) is 48.8 Å². The Morgan fingerprint density at radius 2 is 1.90 bits per heavy atom. The fraction of sp³-hybridized carbons (Fsp3) is 0.684. The molecule has 0 radical (unpaired) electrons. The maximum Gasteiger partial charge on any atom is 0.0725 e. The third kappa shape index (κ3) is 3.49. The number of hydrogen-bond acceptors (Lipinski definition) is 2. The molecule has 21 heavy (non-hydrogen) atoms. The van der Waals surface area contributed by atoms with Crippen LogP contribution in [0.4, 0.5) is 0 Å². The van der Waals surface area contributed by atoms with Crippen LogP contribution >= 0.6 is 0 Å². The molecule has 2 heteroatoms. The first-order valence-corrected chi connectivity index (χ1v) is 8.70. The Bertz CT molecular complexity index is 463. The molecule has 1 aliphatic heterocycles. The van der Waals surface area contributed by atoms with Gasteiger partial charge in [0.1, 0.15) is 0 Å².